The van der Waals surface area contributed by atoms with Gasteiger partial charge in [0.25, 0.3) is 0 Å². The number of hydrogen-bond donors (Lipinski definition) is 0. The molecule has 1 saturated heterocycles. The van der Waals surface area contributed by atoms with Crippen molar-refractivity contribution in [3.05, 3.63) is 71.8 Å². The van der Waals surface area contributed by atoms with Crippen LogP contribution in [0.4, 0.5) is 0 Å². The number of ketones is 1. The van der Waals surface area contributed by atoms with Gasteiger partial charge in [0.05, 0.1) is 0 Å². The second-order valence-corrected chi connectivity index (χ2v) is 6.16. The molecule has 0 unspecified atom stereocenters. The molecule has 0 radical (unpaired) electrons. The van der Waals surface area contributed by atoms with Crippen molar-refractivity contribution < 1.29 is 4.79 Å². The average Bonchev–Trinajstić information content (AvgIpc) is 2.57. The summed E-state index contributed by atoms with van der Waals surface area (Å²) in [7, 11) is 0. The Kier molecular flexibility index (Phi) is 6.82. The van der Waals surface area contributed by atoms with Gasteiger partial charge < -0.3 is 0 Å². The van der Waals surface area contributed by atoms with Crippen molar-refractivity contribution in [1.29, 1.82) is 0 Å². The number of likely N-dealkylation sites (tertiary alicyclic amines) is 1. The third kappa shape index (κ3) is 5.19. The maximum Gasteiger partial charge on any atom is 0.140 e. The number of Topliss-reactive ketones (excluding diaryl/α,β-unsaturated/α-hetero) is 1. The van der Waals surface area contributed by atoms with E-state index in [4.69, 9.17) is 0 Å². The summed E-state index contributed by atoms with van der Waals surface area (Å²) in [5.74, 6) is 0.651. The quantitative estimate of drug-likeness (QED) is 0.822. The van der Waals surface area contributed by atoms with Gasteiger partial charge in [0.1, 0.15) is 5.78 Å². The first-order valence-corrected chi connectivity index (χ1v) is 8.14. The van der Waals surface area contributed by atoms with Crippen LogP contribution in [0, 0.1) is 5.92 Å². The predicted octanol–water partition coefficient (Wildman–Crippen LogP) is 4.13. The van der Waals surface area contributed by atoms with E-state index in [1.165, 1.54) is 5.56 Å². The third-order valence-corrected chi connectivity index (χ3v) is 4.51. The highest BCUT2D eigenvalue weighted by molar-refractivity contribution is 5.85. The molecule has 3 heteroatoms. The number of nitrogens with zero attached hydrogens (tertiary/aromatic N) is 1. The monoisotopic (exact) mass is 329 g/mol. The van der Waals surface area contributed by atoms with Gasteiger partial charge in [-0.1, -0.05) is 60.7 Å². The highest BCUT2D eigenvalue weighted by Gasteiger charge is 2.24. The SMILES string of the molecule is Cl.O=C(Cc1ccccc1)C1CCN(Cc2ccccc2)CC1. The number of carbonyl (C=O) groups excluding carboxylic acids is 1. The van der Waals surface area contributed by atoms with E-state index >= 15 is 0 Å². The summed E-state index contributed by atoms with van der Waals surface area (Å²) in [6.07, 6.45) is 2.58. The summed E-state index contributed by atoms with van der Waals surface area (Å²) < 4.78 is 0. The van der Waals surface area contributed by atoms with E-state index in [-0.39, 0.29) is 18.3 Å². The Balaban J connectivity index is 0.00000192. The molecule has 122 valence electrons. The van der Waals surface area contributed by atoms with Gasteiger partial charge in [0.15, 0.2) is 0 Å². The molecule has 0 spiro atoms. The first-order chi connectivity index (χ1) is 10.8. The molecular formula is C20H24ClNO. The van der Waals surface area contributed by atoms with E-state index in [0.29, 0.717) is 12.2 Å². The van der Waals surface area contributed by atoms with Crippen molar-refractivity contribution in [1.82, 2.24) is 4.90 Å². The Morgan fingerprint density at radius 2 is 1.39 bits per heavy atom. The molecule has 2 aromatic rings. The largest absolute Gasteiger partial charge is 0.299 e. The van der Waals surface area contributed by atoms with E-state index in [0.717, 1.165) is 38.0 Å². The van der Waals surface area contributed by atoms with Crippen LogP contribution in [0.15, 0.2) is 60.7 Å². The summed E-state index contributed by atoms with van der Waals surface area (Å²) in [5.41, 5.74) is 2.50. The summed E-state index contributed by atoms with van der Waals surface area (Å²) in [5, 5.41) is 0. The summed E-state index contributed by atoms with van der Waals surface area (Å²) in [6, 6.07) is 20.7. The van der Waals surface area contributed by atoms with Gasteiger partial charge in [-0.15, -0.1) is 12.4 Å². The highest BCUT2D eigenvalue weighted by Crippen LogP contribution is 2.21. The number of hydrogen-bond acceptors (Lipinski definition) is 2. The van der Waals surface area contributed by atoms with Gasteiger partial charge in [0, 0.05) is 18.9 Å². The predicted molar refractivity (Wildman–Crippen MR) is 96.8 cm³/mol. The standard InChI is InChI=1S/C20H23NO.ClH/c22-20(15-17-7-3-1-4-8-17)19-11-13-21(14-12-19)16-18-9-5-2-6-10-18;/h1-10,19H,11-16H2;1H. The Morgan fingerprint density at radius 3 is 1.96 bits per heavy atom. The molecule has 0 amide bonds. The van der Waals surface area contributed by atoms with Crippen LogP contribution in [0.1, 0.15) is 24.0 Å². The maximum atomic E-state index is 12.4. The van der Waals surface area contributed by atoms with Gasteiger partial charge >= 0.3 is 0 Å². The Bertz CT molecular complexity index is 592. The van der Waals surface area contributed by atoms with Crippen LogP contribution in [-0.4, -0.2) is 23.8 Å². The van der Waals surface area contributed by atoms with E-state index in [2.05, 4.69) is 35.2 Å². The summed E-state index contributed by atoms with van der Waals surface area (Å²) in [4.78, 5) is 14.9. The number of benzene rings is 2. The van der Waals surface area contributed by atoms with Crippen molar-refractivity contribution in [2.24, 2.45) is 5.92 Å². The zero-order valence-corrected chi connectivity index (χ0v) is 14.2. The molecule has 23 heavy (non-hydrogen) atoms. The van der Waals surface area contributed by atoms with Gasteiger partial charge in [0.2, 0.25) is 0 Å². The fourth-order valence-corrected chi connectivity index (χ4v) is 3.20. The molecule has 1 heterocycles. The highest BCUT2D eigenvalue weighted by atomic mass is 35.5. The Hall–Kier alpha value is -1.64. The van der Waals surface area contributed by atoms with Crippen LogP contribution in [0.3, 0.4) is 0 Å². The Labute approximate surface area is 144 Å². The van der Waals surface area contributed by atoms with Crippen LogP contribution in [0.2, 0.25) is 0 Å². The number of rotatable bonds is 5. The molecule has 0 bridgehead atoms. The number of halogens is 1. The van der Waals surface area contributed by atoms with Crippen LogP contribution in [-0.2, 0) is 17.8 Å². The zero-order valence-electron chi connectivity index (χ0n) is 13.4. The second-order valence-electron chi connectivity index (χ2n) is 6.16. The molecule has 0 atom stereocenters. The molecule has 2 nitrogen and oxygen atoms in total. The topological polar surface area (TPSA) is 20.3 Å². The van der Waals surface area contributed by atoms with E-state index in [1.807, 2.05) is 30.3 Å². The molecule has 0 saturated carbocycles. The van der Waals surface area contributed by atoms with Crippen LogP contribution in [0.5, 0.6) is 0 Å². The molecule has 3 rings (SSSR count). The lowest BCUT2D eigenvalue weighted by Crippen LogP contribution is -2.36. The van der Waals surface area contributed by atoms with E-state index in [1.54, 1.807) is 0 Å². The molecule has 2 aromatic carbocycles. The minimum atomic E-state index is 0. The first-order valence-electron chi connectivity index (χ1n) is 8.14. The van der Waals surface area contributed by atoms with Crippen molar-refractivity contribution >= 4 is 18.2 Å². The molecular weight excluding hydrogens is 306 g/mol. The second kappa shape index (κ2) is 8.85. The normalized spacial score (nSPS) is 15.8. The molecule has 0 N–H and O–H groups in total. The van der Waals surface area contributed by atoms with Crippen LogP contribution < -0.4 is 0 Å². The molecule has 0 aromatic heterocycles. The number of piperidine rings is 1. The first kappa shape index (κ1) is 17.7. The molecule has 1 fully saturated rings. The van der Waals surface area contributed by atoms with Crippen molar-refractivity contribution in [3.63, 3.8) is 0 Å². The summed E-state index contributed by atoms with van der Waals surface area (Å²) >= 11 is 0. The zero-order chi connectivity index (χ0) is 15.2. The van der Waals surface area contributed by atoms with Gasteiger partial charge in [-0.3, -0.25) is 9.69 Å². The molecule has 0 aliphatic carbocycles. The third-order valence-electron chi connectivity index (χ3n) is 4.51. The number of carbonyl (C=O) groups is 1. The van der Waals surface area contributed by atoms with Gasteiger partial charge in [-0.25, -0.2) is 0 Å². The van der Waals surface area contributed by atoms with Crippen molar-refractivity contribution in [2.45, 2.75) is 25.8 Å². The van der Waals surface area contributed by atoms with Crippen molar-refractivity contribution in [2.75, 3.05) is 13.1 Å². The molecule has 1 aliphatic rings. The summed E-state index contributed by atoms with van der Waals surface area (Å²) in [6.45, 7) is 3.06. The van der Waals surface area contributed by atoms with E-state index < -0.39 is 0 Å². The fourth-order valence-electron chi connectivity index (χ4n) is 3.20. The lowest BCUT2D eigenvalue weighted by molar-refractivity contribution is -0.123. The average molecular weight is 330 g/mol. The fraction of sp³-hybridized carbons (Fsp3) is 0.350. The Morgan fingerprint density at radius 1 is 0.870 bits per heavy atom. The van der Waals surface area contributed by atoms with Crippen LogP contribution >= 0.6 is 12.4 Å². The smallest absolute Gasteiger partial charge is 0.140 e. The lowest BCUT2D eigenvalue weighted by atomic mass is 9.89. The van der Waals surface area contributed by atoms with Crippen molar-refractivity contribution in [3.8, 4) is 0 Å². The van der Waals surface area contributed by atoms with Crippen LogP contribution in [0.25, 0.3) is 0 Å². The van der Waals surface area contributed by atoms with E-state index in [9.17, 15) is 4.79 Å². The lowest BCUT2D eigenvalue weighted by Gasteiger charge is -2.31. The minimum Gasteiger partial charge on any atom is -0.299 e. The minimum absolute atomic E-state index is 0. The van der Waals surface area contributed by atoms with Gasteiger partial charge in [-0.2, -0.15) is 0 Å². The maximum absolute atomic E-state index is 12.4. The van der Waals surface area contributed by atoms with Gasteiger partial charge in [-0.05, 0) is 37.1 Å². The molecule has 1 aliphatic heterocycles.